The second-order valence-corrected chi connectivity index (χ2v) is 5.19. The summed E-state index contributed by atoms with van der Waals surface area (Å²) in [6.07, 6.45) is 2.15. The first-order valence-electron chi connectivity index (χ1n) is 5.70. The van der Waals surface area contributed by atoms with Gasteiger partial charge in [0, 0.05) is 17.6 Å². The molecule has 0 unspecified atom stereocenters. The van der Waals surface area contributed by atoms with Crippen molar-refractivity contribution < 1.29 is 9.53 Å². The summed E-state index contributed by atoms with van der Waals surface area (Å²) in [5.41, 5.74) is 0.422. The van der Waals surface area contributed by atoms with Crippen molar-refractivity contribution in [2.45, 2.75) is 18.9 Å². The Bertz CT molecular complexity index is 506. The van der Waals surface area contributed by atoms with Gasteiger partial charge in [-0.2, -0.15) is 5.26 Å². The molecule has 5 heteroatoms. The fourth-order valence-corrected chi connectivity index (χ4v) is 1.98. The van der Waals surface area contributed by atoms with Gasteiger partial charge in [-0.1, -0.05) is 15.9 Å². The van der Waals surface area contributed by atoms with Gasteiger partial charge in [0.15, 0.2) is 6.61 Å². The van der Waals surface area contributed by atoms with E-state index in [1.54, 1.807) is 30.1 Å². The summed E-state index contributed by atoms with van der Waals surface area (Å²) in [5.74, 6) is 0.391. The minimum Gasteiger partial charge on any atom is -0.482 e. The van der Waals surface area contributed by atoms with E-state index in [4.69, 9.17) is 10.00 Å². The zero-order valence-corrected chi connectivity index (χ0v) is 11.6. The summed E-state index contributed by atoms with van der Waals surface area (Å²) in [4.78, 5) is 13.5. The molecule has 0 saturated heterocycles. The number of nitrogens with zero attached hydrogens (tertiary/aromatic N) is 2. The van der Waals surface area contributed by atoms with Gasteiger partial charge in [0.05, 0.1) is 5.56 Å². The molecule has 1 aromatic rings. The monoisotopic (exact) mass is 308 g/mol. The van der Waals surface area contributed by atoms with Crippen molar-refractivity contribution in [2.75, 3.05) is 13.7 Å². The summed E-state index contributed by atoms with van der Waals surface area (Å²) in [5, 5.41) is 8.97. The number of carbonyl (C=O) groups is 1. The number of halogens is 1. The molecule has 2 rings (SSSR count). The second kappa shape index (κ2) is 5.40. The lowest BCUT2D eigenvalue weighted by Gasteiger charge is -2.16. The quantitative estimate of drug-likeness (QED) is 0.857. The zero-order valence-electron chi connectivity index (χ0n) is 10.0. The predicted molar refractivity (Wildman–Crippen MR) is 70.1 cm³/mol. The van der Waals surface area contributed by atoms with Gasteiger partial charge in [-0.15, -0.1) is 0 Å². The molecule has 0 radical (unpaired) electrons. The highest BCUT2D eigenvalue weighted by molar-refractivity contribution is 9.10. The molecule has 0 aliphatic heterocycles. The van der Waals surface area contributed by atoms with Gasteiger partial charge in [0.2, 0.25) is 0 Å². The highest BCUT2D eigenvalue weighted by atomic mass is 79.9. The van der Waals surface area contributed by atoms with Crippen molar-refractivity contribution in [3.05, 3.63) is 28.2 Å². The van der Waals surface area contributed by atoms with Crippen molar-refractivity contribution in [1.82, 2.24) is 4.90 Å². The Kier molecular flexibility index (Phi) is 3.87. The van der Waals surface area contributed by atoms with E-state index in [-0.39, 0.29) is 12.5 Å². The Labute approximate surface area is 114 Å². The van der Waals surface area contributed by atoms with Crippen LogP contribution in [0.3, 0.4) is 0 Å². The third kappa shape index (κ3) is 3.02. The Morgan fingerprint density at radius 1 is 1.61 bits per heavy atom. The molecule has 1 aliphatic carbocycles. The number of likely N-dealkylation sites (N-methyl/N-ethyl adjacent to an activating group) is 1. The summed E-state index contributed by atoms with van der Waals surface area (Å²) < 4.78 is 6.22. The van der Waals surface area contributed by atoms with Crippen LogP contribution in [-0.4, -0.2) is 30.5 Å². The molecule has 1 aromatic carbocycles. The van der Waals surface area contributed by atoms with Gasteiger partial charge in [0.25, 0.3) is 5.91 Å². The standard InChI is InChI=1S/C13H13BrN2O2/c1-16(11-3-4-11)13(17)8-18-12-5-2-10(14)6-9(12)7-15/h2,5-6,11H,3-4,8H2,1H3. The fourth-order valence-electron chi connectivity index (χ4n) is 1.62. The normalized spacial score (nSPS) is 13.8. The molecule has 18 heavy (non-hydrogen) atoms. The molecule has 0 aromatic heterocycles. The zero-order chi connectivity index (χ0) is 13.1. The molecule has 0 bridgehead atoms. The van der Waals surface area contributed by atoms with Crippen LogP contribution in [0.5, 0.6) is 5.75 Å². The summed E-state index contributed by atoms with van der Waals surface area (Å²) >= 11 is 3.29. The molecule has 1 amide bonds. The fraction of sp³-hybridized carbons (Fsp3) is 0.385. The van der Waals surface area contributed by atoms with E-state index >= 15 is 0 Å². The number of rotatable bonds is 4. The molecule has 1 fully saturated rings. The van der Waals surface area contributed by atoms with Gasteiger partial charge in [0.1, 0.15) is 11.8 Å². The molecule has 0 heterocycles. The molecule has 94 valence electrons. The number of hydrogen-bond donors (Lipinski definition) is 0. The van der Waals surface area contributed by atoms with Crippen molar-refractivity contribution in [3.8, 4) is 11.8 Å². The first kappa shape index (κ1) is 12.9. The maximum Gasteiger partial charge on any atom is 0.260 e. The smallest absolute Gasteiger partial charge is 0.260 e. The SMILES string of the molecule is CN(C(=O)COc1ccc(Br)cc1C#N)C1CC1. The van der Waals surface area contributed by atoms with E-state index in [1.807, 2.05) is 6.07 Å². The van der Waals surface area contributed by atoms with Crippen molar-refractivity contribution in [1.29, 1.82) is 5.26 Å². The highest BCUT2D eigenvalue weighted by Crippen LogP contribution is 2.26. The molecule has 1 saturated carbocycles. The van der Waals surface area contributed by atoms with Crippen LogP contribution in [0.15, 0.2) is 22.7 Å². The van der Waals surface area contributed by atoms with Crippen LogP contribution in [0.1, 0.15) is 18.4 Å². The maximum absolute atomic E-state index is 11.8. The van der Waals surface area contributed by atoms with Crippen LogP contribution in [0, 0.1) is 11.3 Å². The van der Waals surface area contributed by atoms with Crippen LogP contribution in [-0.2, 0) is 4.79 Å². The first-order valence-corrected chi connectivity index (χ1v) is 6.49. The van der Waals surface area contributed by atoms with E-state index in [1.165, 1.54) is 0 Å². The lowest BCUT2D eigenvalue weighted by Crippen LogP contribution is -2.33. The lowest BCUT2D eigenvalue weighted by molar-refractivity contribution is -0.132. The molecule has 0 spiro atoms. The number of benzene rings is 1. The van der Waals surface area contributed by atoms with Crippen LogP contribution in [0.2, 0.25) is 0 Å². The third-order valence-corrected chi connectivity index (χ3v) is 3.39. The number of amides is 1. The van der Waals surface area contributed by atoms with Gasteiger partial charge in [-0.3, -0.25) is 4.79 Å². The summed E-state index contributed by atoms with van der Waals surface area (Å²) in [6.45, 7) is -0.0245. The molecular formula is C13H13BrN2O2. The van der Waals surface area contributed by atoms with Crippen molar-refractivity contribution in [2.24, 2.45) is 0 Å². The first-order chi connectivity index (χ1) is 8.61. The van der Waals surface area contributed by atoms with E-state index in [0.29, 0.717) is 17.4 Å². The van der Waals surface area contributed by atoms with Crippen LogP contribution in [0.25, 0.3) is 0 Å². The van der Waals surface area contributed by atoms with Gasteiger partial charge in [-0.25, -0.2) is 0 Å². The highest BCUT2D eigenvalue weighted by Gasteiger charge is 2.29. The molecule has 0 N–H and O–H groups in total. The van der Waals surface area contributed by atoms with Crippen molar-refractivity contribution >= 4 is 21.8 Å². The molecule has 1 aliphatic rings. The van der Waals surface area contributed by atoms with Crippen molar-refractivity contribution in [3.63, 3.8) is 0 Å². The minimum absolute atomic E-state index is 0.0245. The third-order valence-electron chi connectivity index (χ3n) is 2.90. The van der Waals surface area contributed by atoms with Gasteiger partial charge in [-0.05, 0) is 31.0 Å². The topological polar surface area (TPSA) is 53.3 Å². The Morgan fingerprint density at radius 3 is 2.94 bits per heavy atom. The minimum atomic E-state index is -0.0516. The summed E-state index contributed by atoms with van der Waals surface area (Å²) in [6, 6.07) is 7.56. The average molecular weight is 309 g/mol. The molecule has 4 nitrogen and oxygen atoms in total. The van der Waals surface area contributed by atoms with E-state index in [2.05, 4.69) is 15.9 Å². The largest absolute Gasteiger partial charge is 0.482 e. The van der Waals surface area contributed by atoms with E-state index in [0.717, 1.165) is 17.3 Å². The molecular weight excluding hydrogens is 296 g/mol. The van der Waals surface area contributed by atoms with Crippen LogP contribution >= 0.6 is 15.9 Å². The summed E-state index contributed by atoms with van der Waals surface area (Å²) in [7, 11) is 1.79. The van der Waals surface area contributed by atoms with Crippen LogP contribution < -0.4 is 4.74 Å². The number of ether oxygens (including phenoxy) is 1. The van der Waals surface area contributed by atoms with Gasteiger partial charge < -0.3 is 9.64 Å². The number of carbonyl (C=O) groups excluding carboxylic acids is 1. The number of nitriles is 1. The van der Waals surface area contributed by atoms with E-state index in [9.17, 15) is 4.79 Å². The Balaban J connectivity index is 1.97. The Morgan fingerprint density at radius 2 is 2.33 bits per heavy atom. The predicted octanol–water partition coefficient (Wildman–Crippen LogP) is 2.32. The van der Waals surface area contributed by atoms with Gasteiger partial charge >= 0.3 is 0 Å². The molecule has 0 atom stereocenters. The average Bonchev–Trinajstić information content (AvgIpc) is 3.20. The lowest BCUT2D eigenvalue weighted by atomic mass is 10.2. The van der Waals surface area contributed by atoms with Crippen LogP contribution in [0.4, 0.5) is 0 Å². The second-order valence-electron chi connectivity index (χ2n) is 4.28. The maximum atomic E-state index is 11.8. The van der Waals surface area contributed by atoms with E-state index < -0.39 is 0 Å². The Hall–Kier alpha value is -1.54. The number of hydrogen-bond acceptors (Lipinski definition) is 3.